The van der Waals surface area contributed by atoms with E-state index in [0.717, 1.165) is 18.9 Å². The zero-order valence-corrected chi connectivity index (χ0v) is 12.8. The fraction of sp³-hybridized carbons (Fsp3) is 0.625. The minimum atomic E-state index is -1.13. The van der Waals surface area contributed by atoms with Crippen molar-refractivity contribution >= 4 is 11.9 Å². The molecule has 4 heteroatoms. The molecule has 0 heterocycles. The van der Waals surface area contributed by atoms with E-state index in [1.807, 2.05) is 0 Å². The highest BCUT2D eigenvalue weighted by molar-refractivity contribution is 5.94. The lowest BCUT2D eigenvalue weighted by molar-refractivity contribution is -0.132. The standard InChI is InChI=1S/C16H26O4/c1-11(2)6-5-7-12(3)8-9-14(16(19)20)13(4)10-15(17)18/h9-12H,5-8H2,1-4H3,(H,17,18)(H,19,20)/b13-10+,14-9+/t12-/m0/s1. The normalized spacial score (nSPS) is 14.4. The second kappa shape index (κ2) is 9.34. The van der Waals surface area contributed by atoms with Crippen molar-refractivity contribution in [3.63, 3.8) is 0 Å². The lowest BCUT2D eigenvalue weighted by atomic mass is 9.95. The molecule has 20 heavy (non-hydrogen) atoms. The monoisotopic (exact) mass is 282 g/mol. The summed E-state index contributed by atoms with van der Waals surface area (Å²) in [7, 11) is 0. The number of hydrogen-bond acceptors (Lipinski definition) is 2. The summed E-state index contributed by atoms with van der Waals surface area (Å²) in [6.45, 7) is 7.98. The van der Waals surface area contributed by atoms with Crippen LogP contribution in [0.3, 0.4) is 0 Å². The second-order valence-electron chi connectivity index (χ2n) is 5.75. The summed E-state index contributed by atoms with van der Waals surface area (Å²) in [5.74, 6) is -1.11. The number of hydrogen-bond donors (Lipinski definition) is 2. The topological polar surface area (TPSA) is 74.6 Å². The molecule has 0 rings (SSSR count). The molecule has 0 aliphatic heterocycles. The smallest absolute Gasteiger partial charge is 0.335 e. The molecule has 1 atom stereocenters. The third-order valence-electron chi connectivity index (χ3n) is 3.20. The Kier molecular flexibility index (Phi) is 8.61. The van der Waals surface area contributed by atoms with E-state index in [2.05, 4.69) is 20.8 Å². The second-order valence-corrected chi connectivity index (χ2v) is 5.75. The quantitative estimate of drug-likeness (QED) is 0.497. The SMILES string of the molecule is CC(=C\C(=O)O)/C(=C\C[C@@H](C)CCCC(C)C)C(=O)O. The minimum Gasteiger partial charge on any atom is -0.478 e. The number of carbonyl (C=O) groups is 2. The minimum absolute atomic E-state index is 0.0862. The molecule has 0 aromatic carbocycles. The van der Waals surface area contributed by atoms with Crippen LogP contribution in [0.1, 0.15) is 53.4 Å². The Morgan fingerprint density at radius 2 is 1.70 bits per heavy atom. The van der Waals surface area contributed by atoms with Gasteiger partial charge in [-0.05, 0) is 30.8 Å². The number of carboxylic acid groups (broad SMARTS) is 2. The van der Waals surface area contributed by atoms with E-state index < -0.39 is 11.9 Å². The van der Waals surface area contributed by atoms with Gasteiger partial charge >= 0.3 is 11.9 Å². The lowest BCUT2D eigenvalue weighted by Gasteiger charge is -2.11. The van der Waals surface area contributed by atoms with Crippen LogP contribution in [0.4, 0.5) is 0 Å². The molecule has 0 amide bonds. The van der Waals surface area contributed by atoms with Crippen molar-refractivity contribution in [2.45, 2.75) is 53.4 Å². The highest BCUT2D eigenvalue weighted by Gasteiger charge is 2.11. The van der Waals surface area contributed by atoms with E-state index >= 15 is 0 Å². The fourth-order valence-corrected chi connectivity index (χ4v) is 1.99. The Labute approximate surface area is 121 Å². The maximum atomic E-state index is 11.1. The third kappa shape index (κ3) is 8.51. The van der Waals surface area contributed by atoms with E-state index in [-0.39, 0.29) is 11.1 Å². The molecular weight excluding hydrogens is 256 g/mol. The van der Waals surface area contributed by atoms with Gasteiger partial charge in [0.15, 0.2) is 0 Å². The van der Waals surface area contributed by atoms with Gasteiger partial charge in [0.2, 0.25) is 0 Å². The number of aliphatic carboxylic acids is 2. The van der Waals surface area contributed by atoms with Crippen molar-refractivity contribution in [1.29, 1.82) is 0 Å². The molecule has 0 spiro atoms. The van der Waals surface area contributed by atoms with Crippen LogP contribution < -0.4 is 0 Å². The number of carboxylic acids is 2. The maximum Gasteiger partial charge on any atom is 0.335 e. The van der Waals surface area contributed by atoms with Crippen LogP contribution >= 0.6 is 0 Å². The first-order chi connectivity index (χ1) is 9.23. The van der Waals surface area contributed by atoms with Gasteiger partial charge in [0.1, 0.15) is 0 Å². The van der Waals surface area contributed by atoms with Gasteiger partial charge in [0, 0.05) is 6.08 Å². The Morgan fingerprint density at radius 1 is 1.10 bits per heavy atom. The molecule has 0 aliphatic carbocycles. The zero-order chi connectivity index (χ0) is 15.7. The van der Waals surface area contributed by atoms with Gasteiger partial charge in [-0.3, -0.25) is 0 Å². The Bertz CT molecular complexity index is 391. The predicted molar refractivity (Wildman–Crippen MR) is 79.6 cm³/mol. The van der Waals surface area contributed by atoms with Crippen molar-refractivity contribution < 1.29 is 19.8 Å². The molecule has 4 nitrogen and oxygen atoms in total. The van der Waals surface area contributed by atoms with Gasteiger partial charge in [-0.15, -0.1) is 0 Å². The van der Waals surface area contributed by atoms with E-state index in [1.54, 1.807) is 6.08 Å². The van der Waals surface area contributed by atoms with Crippen molar-refractivity contribution in [3.05, 3.63) is 23.3 Å². The molecule has 114 valence electrons. The van der Waals surface area contributed by atoms with Crippen LogP contribution in [0.2, 0.25) is 0 Å². The summed E-state index contributed by atoms with van der Waals surface area (Å²) in [5.41, 5.74) is 0.363. The largest absolute Gasteiger partial charge is 0.478 e. The van der Waals surface area contributed by atoms with Crippen LogP contribution in [0.15, 0.2) is 23.3 Å². The highest BCUT2D eigenvalue weighted by atomic mass is 16.4. The van der Waals surface area contributed by atoms with Crippen LogP contribution in [-0.2, 0) is 9.59 Å². The summed E-state index contributed by atoms with van der Waals surface area (Å²) < 4.78 is 0. The molecular formula is C16H26O4. The van der Waals surface area contributed by atoms with Crippen LogP contribution in [0.5, 0.6) is 0 Å². The lowest BCUT2D eigenvalue weighted by Crippen LogP contribution is -2.05. The van der Waals surface area contributed by atoms with Crippen LogP contribution in [0, 0.1) is 11.8 Å². The van der Waals surface area contributed by atoms with E-state index in [0.29, 0.717) is 18.3 Å². The molecule has 0 bridgehead atoms. The van der Waals surface area contributed by atoms with E-state index in [4.69, 9.17) is 10.2 Å². The molecule has 0 aromatic rings. The fourth-order valence-electron chi connectivity index (χ4n) is 1.99. The van der Waals surface area contributed by atoms with E-state index in [1.165, 1.54) is 13.3 Å². The first-order valence-electron chi connectivity index (χ1n) is 7.09. The van der Waals surface area contributed by atoms with Gasteiger partial charge < -0.3 is 10.2 Å². The molecule has 0 aromatic heterocycles. The molecule has 0 saturated carbocycles. The first-order valence-corrected chi connectivity index (χ1v) is 7.09. The van der Waals surface area contributed by atoms with Crippen LogP contribution in [0.25, 0.3) is 0 Å². The average molecular weight is 282 g/mol. The van der Waals surface area contributed by atoms with Gasteiger partial charge in [-0.1, -0.05) is 46.1 Å². The first kappa shape index (κ1) is 18.4. The summed E-state index contributed by atoms with van der Waals surface area (Å²) in [4.78, 5) is 21.7. The summed E-state index contributed by atoms with van der Waals surface area (Å²) in [5, 5.41) is 17.8. The van der Waals surface area contributed by atoms with Crippen molar-refractivity contribution in [2.24, 2.45) is 11.8 Å². The summed E-state index contributed by atoms with van der Waals surface area (Å²) in [6.07, 6.45) is 6.60. The molecule has 0 aliphatic rings. The van der Waals surface area contributed by atoms with Crippen molar-refractivity contribution in [3.8, 4) is 0 Å². The van der Waals surface area contributed by atoms with Crippen LogP contribution in [-0.4, -0.2) is 22.2 Å². The molecule has 0 unspecified atom stereocenters. The number of rotatable bonds is 9. The maximum absolute atomic E-state index is 11.1. The summed E-state index contributed by atoms with van der Waals surface area (Å²) >= 11 is 0. The Morgan fingerprint density at radius 3 is 2.15 bits per heavy atom. The van der Waals surface area contributed by atoms with Gasteiger partial charge in [-0.25, -0.2) is 9.59 Å². The third-order valence-corrected chi connectivity index (χ3v) is 3.20. The highest BCUT2D eigenvalue weighted by Crippen LogP contribution is 2.18. The number of allylic oxidation sites excluding steroid dienone is 1. The molecule has 0 fully saturated rings. The molecule has 2 N–H and O–H groups in total. The van der Waals surface area contributed by atoms with Crippen molar-refractivity contribution in [1.82, 2.24) is 0 Å². The Balaban J connectivity index is 4.56. The average Bonchev–Trinajstić information content (AvgIpc) is 2.26. The predicted octanol–water partition coefficient (Wildman–Crippen LogP) is 3.88. The van der Waals surface area contributed by atoms with Gasteiger partial charge in [-0.2, -0.15) is 0 Å². The van der Waals surface area contributed by atoms with Crippen molar-refractivity contribution in [2.75, 3.05) is 0 Å². The Hall–Kier alpha value is -1.58. The van der Waals surface area contributed by atoms with Gasteiger partial charge in [0.05, 0.1) is 5.57 Å². The zero-order valence-electron chi connectivity index (χ0n) is 12.8. The molecule has 0 saturated heterocycles. The molecule has 0 radical (unpaired) electrons. The summed E-state index contributed by atoms with van der Waals surface area (Å²) in [6, 6.07) is 0. The van der Waals surface area contributed by atoms with Gasteiger partial charge in [0.25, 0.3) is 0 Å². The van der Waals surface area contributed by atoms with E-state index in [9.17, 15) is 9.59 Å².